The fraction of sp³-hybridized carbons (Fsp3) is 0.125. The molecule has 0 N–H and O–H groups in total. The summed E-state index contributed by atoms with van der Waals surface area (Å²) in [7, 11) is 0. The first kappa shape index (κ1) is 23.8. The SMILES string of the molecule is O=C(Cl)c1cc(C(F)(F)F)ccc1F.O=C(Cl)c1cc(F)cc(C(F)(F)F)c1. The number of carbonyl (C=O) groups is 2. The normalized spacial score (nSPS) is 11.5. The van der Waals surface area contributed by atoms with Crippen molar-refractivity contribution in [3.05, 3.63) is 70.3 Å². The molecule has 0 bridgehead atoms. The summed E-state index contributed by atoms with van der Waals surface area (Å²) in [5.74, 6) is -2.22. The van der Waals surface area contributed by atoms with Crippen molar-refractivity contribution in [3.63, 3.8) is 0 Å². The fourth-order valence-corrected chi connectivity index (χ4v) is 1.97. The molecule has 28 heavy (non-hydrogen) atoms. The van der Waals surface area contributed by atoms with Gasteiger partial charge in [0.2, 0.25) is 0 Å². The van der Waals surface area contributed by atoms with E-state index < -0.39 is 56.7 Å². The minimum atomic E-state index is -4.69. The maximum Gasteiger partial charge on any atom is 0.416 e. The second-order valence-electron chi connectivity index (χ2n) is 4.97. The van der Waals surface area contributed by atoms with Crippen molar-refractivity contribution in [2.75, 3.05) is 0 Å². The van der Waals surface area contributed by atoms with Gasteiger partial charge in [-0.15, -0.1) is 0 Å². The van der Waals surface area contributed by atoms with E-state index in [1.807, 2.05) is 0 Å². The predicted molar refractivity (Wildman–Crippen MR) is 83.2 cm³/mol. The molecule has 2 rings (SSSR count). The Kier molecular flexibility index (Phi) is 7.55. The number of halogens is 10. The number of benzene rings is 2. The van der Waals surface area contributed by atoms with E-state index in [4.69, 9.17) is 23.2 Å². The number of alkyl halides is 6. The molecule has 12 heteroatoms. The van der Waals surface area contributed by atoms with Gasteiger partial charge in [-0.1, -0.05) is 0 Å². The predicted octanol–water partition coefficient (Wildman–Crippen LogP) is 6.45. The summed E-state index contributed by atoms with van der Waals surface area (Å²) in [6.45, 7) is 0. The Labute approximate surface area is 161 Å². The quantitative estimate of drug-likeness (QED) is 0.387. The van der Waals surface area contributed by atoms with E-state index in [0.29, 0.717) is 36.4 Å². The van der Waals surface area contributed by atoms with E-state index in [2.05, 4.69) is 0 Å². The van der Waals surface area contributed by atoms with Crippen molar-refractivity contribution in [2.45, 2.75) is 12.4 Å². The molecule has 0 heterocycles. The summed E-state index contributed by atoms with van der Waals surface area (Å²) >= 11 is 9.81. The van der Waals surface area contributed by atoms with Crippen LogP contribution in [0.4, 0.5) is 35.1 Å². The number of carbonyl (C=O) groups excluding carboxylic acids is 2. The van der Waals surface area contributed by atoms with Crippen LogP contribution in [0.25, 0.3) is 0 Å². The second-order valence-corrected chi connectivity index (χ2v) is 5.65. The van der Waals surface area contributed by atoms with Crippen molar-refractivity contribution in [1.82, 2.24) is 0 Å². The van der Waals surface area contributed by atoms with Crippen LogP contribution in [0.3, 0.4) is 0 Å². The fourth-order valence-electron chi connectivity index (χ4n) is 1.72. The van der Waals surface area contributed by atoms with Crippen molar-refractivity contribution >= 4 is 33.7 Å². The van der Waals surface area contributed by atoms with E-state index in [-0.39, 0.29) is 0 Å². The Bertz CT molecular complexity index is 891. The summed E-state index contributed by atoms with van der Waals surface area (Å²) in [5.41, 5.74) is -3.63. The maximum absolute atomic E-state index is 12.7. The summed E-state index contributed by atoms with van der Waals surface area (Å²) in [4.78, 5) is 21.0. The summed E-state index contributed by atoms with van der Waals surface area (Å²) in [6.07, 6.45) is -9.31. The summed E-state index contributed by atoms with van der Waals surface area (Å²) in [6, 6.07) is 2.91. The van der Waals surface area contributed by atoms with Gasteiger partial charge < -0.3 is 0 Å². The van der Waals surface area contributed by atoms with E-state index in [0.717, 1.165) is 0 Å². The van der Waals surface area contributed by atoms with Crippen LogP contribution in [0.5, 0.6) is 0 Å². The number of rotatable bonds is 2. The lowest BCUT2D eigenvalue weighted by Gasteiger charge is -2.07. The highest BCUT2D eigenvalue weighted by atomic mass is 35.5. The van der Waals surface area contributed by atoms with Crippen molar-refractivity contribution in [2.24, 2.45) is 0 Å². The third-order valence-corrected chi connectivity index (χ3v) is 3.38. The highest BCUT2D eigenvalue weighted by Gasteiger charge is 2.32. The minimum absolute atomic E-state index is 0.295. The zero-order valence-electron chi connectivity index (χ0n) is 13.1. The zero-order valence-corrected chi connectivity index (χ0v) is 14.6. The molecule has 2 aromatic carbocycles. The van der Waals surface area contributed by atoms with Gasteiger partial charge in [-0.05, 0) is 59.6 Å². The summed E-state index contributed by atoms with van der Waals surface area (Å²) in [5, 5.41) is -2.39. The van der Waals surface area contributed by atoms with Gasteiger partial charge in [0.15, 0.2) is 0 Å². The van der Waals surface area contributed by atoms with Crippen LogP contribution in [-0.4, -0.2) is 10.5 Å². The van der Waals surface area contributed by atoms with E-state index in [1.54, 1.807) is 0 Å². The molecule has 0 aliphatic carbocycles. The molecular formula is C16H6Cl2F8O2. The lowest BCUT2D eigenvalue weighted by atomic mass is 10.1. The van der Waals surface area contributed by atoms with Crippen LogP contribution in [0.1, 0.15) is 31.8 Å². The largest absolute Gasteiger partial charge is 0.416 e. The zero-order chi connectivity index (χ0) is 21.9. The lowest BCUT2D eigenvalue weighted by Crippen LogP contribution is -2.07. The first-order valence-electron chi connectivity index (χ1n) is 6.77. The van der Waals surface area contributed by atoms with E-state index in [1.165, 1.54) is 0 Å². The molecule has 2 nitrogen and oxygen atoms in total. The van der Waals surface area contributed by atoms with Crippen molar-refractivity contribution < 1.29 is 44.7 Å². The smallest absolute Gasteiger partial charge is 0.276 e. The van der Waals surface area contributed by atoms with Gasteiger partial charge in [-0.25, -0.2) is 8.78 Å². The Balaban J connectivity index is 0.000000280. The molecule has 0 aliphatic heterocycles. The Hall–Kier alpha value is -2.20. The Morgan fingerprint density at radius 1 is 0.714 bits per heavy atom. The minimum Gasteiger partial charge on any atom is -0.276 e. The van der Waals surface area contributed by atoms with Crippen LogP contribution in [-0.2, 0) is 12.4 Å². The number of hydrogen-bond donors (Lipinski definition) is 0. The highest BCUT2D eigenvalue weighted by Crippen LogP contribution is 2.31. The Morgan fingerprint density at radius 2 is 1.25 bits per heavy atom. The van der Waals surface area contributed by atoms with Gasteiger partial charge in [0, 0.05) is 5.56 Å². The molecule has 152 valence electrons. The first-order chi connectivity index (χ1) is 12.6. The maximum atomic E-state index is 12.7. The number of hydrogen-bond acceptors (Lipinski definition) is 2. The van der Waals surface area contributed by atoms with E-state index >= 15 is 0 Å². The molecule has 0 fully saturated rings. The molecule has 0 spiro atoms. The van der Waals surface area contributed by atoms with Crippen molar-refractivity contribution in [3.8, 4) is 0 Å². The molecular weight excluding hydrogens is 447 g/mol. The second kappa shape index (κ2) is 8.87. The molecule has 0 atom stereocenters. The average Bonchev–Trinajstić information content (AvgIpc) is 2.53. The molecule has 0 unspecified atom stereocenters. The molecule has 0 aromatic heterocycles. The molecule has 0 amide bonds. The van der Waals surface area contributed by atoms with Gasteiger partial charge in [0.05, 0.1) is 16.7 Å². The monoisotopic (exact) mass is 452 g/mol. The van der Waals surface area contributed by atoms with Crippen LogP contribution in [0, 0.1) is 11.6 Å². The standard InChI is InChI=1S/2C8H3ClF4O/c9-7(14)4-1-5(8(11,12)13)3-6(10)2-4;9-7(14)5-3-4(8(11,12)13)1-2-6(5)10/h2*1-3H. The molecule has 0 saturated carbocycles. The molecule has 0 saturated heterocycles. The molecule has 2 aromatic rings. The van der Waals surface area contributed by atoms with Gasteiger partial charge in [-0.3, -0.25) is 9.59 Å². The third-order valence-electron chi connectivity index (χ3n) is 2.96. The van der Waals surface area contributed by atoms with Crippen LogP contribution in [0.2, 0.25) is 0 Å². The van der Waals surface area contributed by atoms with Gasteiger partial charge in [0.25, 0.3) is 10.5 Å². The molecule has 0 aliphatic rings. The molecule has 0 radical (unpaired) electrons. The van der Waals surface area contributed by atoms with Gasteiger partial charge in [0.1, 0.15) is 11.6 Å². The Morgan fingerprint density at radius 3 is 1.68 bits per heavy atom. The third kappa shape index (κ3) is 6.75. The lowest BCUT2D eigenvalue weighted by molar-refractivity contribution is -0.138. The van der Waals surface area contributed by atoms with Gasteiger partial charge >= 0.3 is 12.4 Å². The van der Waals surface area contributed by atoms with Crippen LogP contribution in [0.15, 0.2) is 36.4 Å². The topological polar surface area (TPSA) is 34.1 Å². The van der Waals surface area contributed by atoms with Crippen molar-refractivity contribution in [1.29, 1.82) is 0 Å². The first-order valence-corrected chi connectivity index (χ1v) is 7.52. The van der Waals surface area contributed by atoms with Crippen LogP contribution >= 0.6 is 23.2 Å². The highest BCUT2D eigenvalue weighted by molar-refractivity contribution is 6.68. The van der Waals surface area contributed by atoms with E-state index in [9.17, 15) is 44.7 Å². The average molecular weight is 453 g/mol. The van der Waals surface area contributed by atoms with Gasteiger partial charge in [-0.2, -0.15) is 26.3 Å². The summed E-state index contributed by atoms with van der Waals surface area (Å²) < 4.78 is 97.9. The van der Waals surface area contributed by atoms with Crippen LogP contribution < -0.4 is 0 Å².